The zero-order valence-electron chi connectivity index (χ0n) is 18.2. The van der Waals surface area contributed by atoms with Crippen LogP contribution in [0.4, 0.5) is 5.69 Å². The van der Waals surface area contributed by atoms with Gasteiger partial charge in [0, 0.05) is 23.7 Å². The lowest BCUT2D eigenvalue weighted by Crippen LogP contribution is -2.34. The van der Waals surface area contributed by atoms with Gasteiger partial charge in [0.2, 0.25) is 0 Å². The van der Waals surface area contributed by atoms with Crippen molar-refractivity contribution >= 4 is 28.9 Å². The summed E-state index contributed by atoms with van der Waals surface area (Å²) in [6.45, 7) is 3.31. The van der Waals surface area contributed by atoms with E-state index < -0.39 is 0 Å². The van der Waals surface area contributed by atoms with Crippen LogP contribution in [0.5, 0.6) is 11.5 Å². The Labute approximate surface area is 194 Å². The number of amides is 1. The zero-order chi connectivity index (χ0) is 22.6. The maximum atomic E-state index is 12.6. The predicted molar refractivity (Wildman–Crippen MR) is 133 cm³/mol. The van der Waals surface area contributed by atoms with Gasteiger partial charge in [0.15, 0.2) is 5.11 Å². The Morgan fingerprint density at radius 2 is 1.59 bits per heavy atom. The minimum Gasteiger partial charge on any atom is -0.494 e. The van der Waals surface area contributed by atoms with Gasteiger partial charge in [-0.3, -0.25) is 10.1 Å². The molecule has 0 aliphatic heterocycles. The van der Waals surface area contributed by atoms with Crippen molar-refractivity contribution in [3.63, 3.8) is 0 Å². The fraction of sp³-hybridized carbons (Fsp3) is 0.231. The summed E-state index contributed by atoms with van der Waals surface area (Å²) in [5.41, 5.74) is 2.45. The van der Waals surface area contributed by atoms with Crippen LogP contribution in [0.3, 0.4) is 0 Å². The molecule has 32 heavy (non-hydrogen) atoms. The molecule has 0 saturated heterocycles. The molecule has 3 aromatic carbocycles. The van der Waals surface area contributed by atoms with Crippen LogP contribution in [-0.2, 0) is 6.42 Å². The molecular formula is C26H28N2O3S. The molecule has 1 amide bonds. The molecule has 5 nitrogen and oxygen atoms in total. The van der Waals surface area contributed by atoms with Crippen LogP contribution in [0.25, 0.3) is 0 Å². The van der Waals surface area contributed by atoms with Gasteiger partial charge >= 0.3 is 0 Å². The van der Waals surface area contributed by atoms with E-state index in [0.717, 1.165) is 30.7 Å². The second-order valence-corrected chi connectivity index (χ2v) is 7.66. The molecule has 0 atom stereocenters. The fourth-order valence-electron chi connectivity index (χ4n) is 2.99. The van der Waals surface area contributed by atoms with Crippen LogP contribution in [0.15, 0.2) is 78.9 Å². The summed E-state index contributed by atoms with van der Waals surface area (Å²) < 4.78 is 11.5. The number of carbonyl (C=O) groups is 1. The van der Waals surface area contributed by atoms with E-state index in [0.29, 0.717) is 24.5 Å². The molecule has 3 rings (SSSR count). The number of benzene rings is 3. The van der Waals surface area contributed by atoms with E-state index in [1.807, 2.05) is 48.5 Å². The lowest BCUT2D eigenvalue weighted by atomic mass is 10.2. The summed E-state index contributed by atoms with van der Waals surface area (Å²) in [7, 11) is 0. The second-order valence-electron chi connectivity index (χ2n) is 7.25. The first-order valence-electron chi connectivity index (χ1n) is 10.8. The van der Waals surface area contributed by atoms with Crippen LogP contribution in [0.1, 0.15) is 35.7 Å². The van der Waals surface area contributed by atoms with Crippen molar-refractivity contribution in [1.82, 2.24) is 5.32 Å². The van der Waals surface area contributed by atoms with Gasteiger partial charge in [-0.15, -0.1) is 0 Å². The minimum absolute atomic E-state index is 0.216. The minimum atomic E-state index is -0.293. The van der Waals surface area contributed by atoms with Crippen LogP contribution in [0, 0.1) is 0 Å². The topological polar surface area (TPSA) is 59.6 Å². The van der Waals surface area contributed by atoms with Gasteiger partial charge in [0.1, 0.15) is 11.5 Å². The van der Waals surface area contributed by atoms with Gasteiger partial charge in [0.05, 0.1) is 13.2 Å². The van der Waals surface area contributed by atoms with Crippen molar-refractivity contribution in [2.24, 2.45) is 0 Å². The van der Waals surface area contributed by atoms with Crippen LogP contribution in [-0.4, -0.2) is 24.2 Å². The summed E-state index contributed by atoms with van der Waals surface area (Å²) in [5, 5.41) is 5.96. The molecule has 6 heteroatoms. The number of unbranched alkanes of at least 4 members (excludes halogenated alkanes) is 1. The normalized spacial score (nSPS) is 10.3. The highest BCUT2D eigenvalue weighted by Gasteiger charge is 2.09. The Morgan fingerprint density at radius 3 is 2.38 bits per heavy atom. The van der Waals surface area contributed by atoms with E-state index in [2.05, 4.69) is 29.7 Å². The van der Waals surface area contributed by atoms with Gasteiger partial charge in [-0.2, -0.15) is 0 Å². The first-order chi connectivity index (χ1) is 15.6. The van der Waals surface area contributed by atoms with Crippen LogP contribution >= 0.6 is 12.2 Å². The van der Waals surface area contributed by atoms with Crippen LogP contribution in [0.2, 0.25) is 0 Å². The van der Waals surface area contributed by atoms with E-state index in [4.69, 9.17) is 21.7 Å². The second kappa shape index (κ2) is 12.5. The Morgan fingerprint density at radius 1 is 0.875 bits per heavy atom. The highest BCUT2D eigenvalue weighted by atomic mass is 32.1. The quantitative estimate of drug-likeness (QED) is 0.312. The summed E-state index contributed by atoms with van der Waals surface area (Å²) in [6, 6.07) is 24.8. The lowest BCUT2D eigenvalue weighted by molar-refractivity contribution is 0.0977. The van der Waals surface area contributed by atoms with Crippen molar-refractivity contribution in [3.8, 4) is 11.5 Å². The largest absolute Gasteiger partial charge is 0.494 e. The molecule has 0 saturated carbocycles. The number of thiocarbonyl (C=S) groups is 1. The molecule has 0 radical (unpaired) electrons. The Balaban J connectivity index is 1.49. The molecule has 3 aromatic rings. The van der Waals surface area contributed by atoms with Gasteiger partial charge in [-0.25, -0.2) is 0 Å². The van der Waals surface area contributed by atoms with E-state index in [1.165, 1.54) is 5.56 Å². The lowest BCUT2D eigenvalue weighted by Gasteiger charge is -2.12. The molecule has 0 heterocycles. The monoisotopic (exact) mass is 448 g/mol. The highest BCUT2D eigenvalue weighted by Crippen LogP contribution is 2.18. The maximum absolute atomic E-state index is 12.6. The molecule has 0 aliphatic carbocycles. The Kier molecular flexibility index (Phi) is 9.07. The number of ether oxygens (including phenoxy) is 2. The molecule has 0 spiro atoms. The molecule has 0 aliphatic rings. The summed E-state index contributed by atoms with van der Waals surface area (Å²) in [4.78, 5) is 12.6. The number of hydrogen-bond acceptors (Lipinski definition) is 4. The predicted octanol–water partition coefficient (Wildman–Crippen LogP) is 5.61. The third-order valence-electron chi connectivity index (χ3n) is 4.68. The Hall–Kier alpha value is -3.38. The van der Waals surface area contributed by atoms with Crippen molar-refractivity contribution < 1.29 is 14.3 Å². The SMILES string of the molecule is CCCCOc1cccc(C(=O)NC(=S)Nc2cccc(OCCc3ccccc3)c2)c1. The van der Waals surface area contributed by atoms with Gasteiger partial charge in [-0.1, -0.05) is 55.8 Å². The van der Waals surface area contributed by atoms with Crippen molar-refractivity contribution in [2.75, 3.05) is 18.5 Å². The molecule has 0 unspecified atom stereocenters. The number of carbonyl (C=O) groups excluding carboxylic acids is 1. The third-order valence-corrected chi connectivity index (χ3v) is 4.89. The number of rotatable bonds is 10. The summed E-state index contributed by atoms with van der Waals surface area (Å²) in [6.07, 6.45) is 2.85. The van der Waals surface area contributed by atoms with Gasteiger partial charge < -0.3 is 14.8 Å². The van der Waals surface area contributed by atoms with Crippen LogP contribution < -0.4 is 20.1 Å². The summed E-state index contributed by atoms with van der Waals surface area (Å²) >= 11 is 5.31. The number of hydrogen-bond donors (Lipinski definition) is 2. The smallest absolute Gasteiger partial charge is 0.257 e. The molecule has 0 bridgehead atoms. The molecular weight excluding hydrogens is 420 g/mol. The molecule has 0 fully saturated rings. The molecule has 2 N–H and O–H groups in total. The van der Waals surface area contributed by atoms with Crippen molar-refractivity contribution in [1.29, 1.82) is 0 Å². The third kappa shape index (κ3) is 7.71. The standard InChI is InChI=1S/C26H28N2O3S/c1-2-3-16-30-23-13-7-11-21(18-23)25(29)28-26(32)27-22-12-8-14-24(19-22)31-17-15-20-9-5-4-6-10-20/h4-14,18-19H,2-3,15-17H2,1H3,(H2,27,28,29,32). The summed E-state index contributed by atoms with van der Waals surface area (Å²) in [5.74, 6) is 1.11. The number of nitrogens with one attached hydrogen (secondary N) is 2. The molecule has 0 aromatic heterocycles. The fourth-order valence-corrected chi connectivity index (χ4v) is 3.20. The Bertz CT molecular complexity index is 1020. The van der Waals surface area contributed by atoms with Gasteiger partial charge in [0.25, 0.3) is 5.91 Å². The van der Waals surface area contributed by atoms with Crippen molar-refractivity contribution in [2.45, 2.75) is 26.2 Å². The van der Waals surface area contributed by atoms with E-state index in [9.17, 15) is 4.79 Å². The van der Waals surface area contributed by atoms with E-state index in [-0.39, 0.29) is 11.0 Å². The number of anilines is 1. The molecule has 166 valence electrons. The maximum Gasteiger partial charge on any atom is 0.257 e. The first kappa shape index (κ1) is 23.3. The van der Waals surface area contributed by atoms with E-state index >= 15 is 0 Å². The zero-order valence-corrected chi connectivity index (χ0v) is 19.0. The van der Waals surface area contributed by atoms with Crippen molar-refractivity contribution in [3.05, 3.63) is 90.0 Å². The first-order valence-corrected chi connectivity index (χ1v) is 11.2. The van der Waals surface area contributed by atoms with Gasteiger partial charge in [-0.05, 0) is 54.5 Å². The highest BCUT2D eigenvalue weighted by molar-refractivity contribution is 7.80. The average molecular weight is 449 g/mol. The average Bonchev–Trinajstić information content (AvgIpc) is 2.80. The van der Waals surface area contributed by atoms with E-state index in [1.54, 1.807) is 18.2 Å².